The first-order valence-electron chi connectivity index (χ1n) is 10.7. The van der Waals surface area contributed by atoms with E-state index >= 15 is 0 Å². The van der Waals surface area contributed by atoms with Crippen LogP contribution in [0.5, 0.6) is 0 Å². The summed E-state index contributed by atoms with van der Waals surface area (Å²) < 4.78 is 0. The van der Waals surface area contributed by atoms with Gasteiger partial charge in [0.05, 0.1) is 11.7 Å². The summed E-state index contributed by atoms with van der Waals surface area (Å²) in [5.74, 6) is 0.876. The molecule has 6 nitrogen and oxygen atoms in total. The van der Waals surface area contributed by atoms with E-state index in [1.165, 1.54) is 54.5 Å². The lowest BCUT2D eigenvalue weighted by Gasteiger charge is -2.27. The molecule has 0 aromatic carbocycles. The Labute approximate surface area is 205 Å². The molecule has 2 saturated heterocycles. The highest BCUT2D eigenvalue weighted by molar-refractivity contribution is 14.0. The molecular weight excluding hydrogens is 527 g/mol. The molecule has 0 spiro atoms. The molecule has 2 fully saturated rings. The summed E-state index contributed by atoms with van der Waals surface area (Å²) in [6, 6.07) is 4.84. The maximum absolute atomic E-state index is 4.81. The quantitative estimate of drug-likeness (QED) is 0.291. The van der Waals surface area contributed by atoms with Gasteiger partial charge >= 0.3 is 0 Å². The van der Waals surface area contributed by atoms with Gasteiger partial charge in [-0.15, -0.1) is 46.7 Å². The summed E-state index contributed by atoms with van der Waals surface area (Å²) in [6.45, 7) is 6.43. The van der Waals surface area contributed by atoms with Gasteiger partial charge in [0.25, 0.3) is 0 Å². The molecule has 2 N–H and O–H groups in total. The third-order valence-corrected chi connectivity index (χ3v) is 7.65. The van der Waals surface area contributed by atoms with Crippen molar-refractivity contribution < 1.29 is 0 Å². The van der Waals surface area contributed by atoms with Gasteiger partial charge in [-0.25, -0.2) is 4.98 Å². The summed E-state index contributed by atoms with van der Waals surface area (Å²) in [4.78, 5) is 15.7. The highest BCUT2D eigenvalue weighted by atomic mass is 127. The topological polar surface area (TPSA) is 55.8 Å². The van der Waals surface area contributed by atoms with Gasteiger partial charge in [0, 0.05) is 49.9 Å². The van der Waals surface area contributed by atoms with E-state index in [-0.39, 0.29) is 24.0 Å². The molecule has 9 heteroatoms. The molecule has 0 aliphatic carbocycles. The Hall–Kier alpha value is -0.910. The predicted molar refractivity (Wildman–Crippen MR) is 140 cm³/mol. The molecule has 0 amide bonds. The summed E-state index contributed by atoms with van der Waals surface area (Å²) in [5, 5.41) is 12.6. The van der Waals surface area contributed by atoms with E-state index in [2.05, 4.69) is 48.3 Å². The van der Waals surface area contributed by atoms with Crippen LogP contribution in [0.3, 0.4) is 0 Å². The van der Waals surface area contributed by atoms with Crippen LogP contribution in [-0.4, -0.2) is 62.2 Å². The molecule has 166 valence electrons. The largest absolute Gasteiger partial charge is 0.356 e. The van der Waals surface area contributed by atoms with Crippen molar-refractivity contribution >= 4 is 57.7 Å². The minimum atomic E-state index is 0. The number of halogens is 1. The van der Waals surface area contributed by atoms with Crippen molar-refractivity contribution in [3.05, 3.63) is 33.5 Å². The third kappa shape index (κ3) is 6.30. The van der Waals surface area contributed by atoms with Crippen LogP contribution in [0.2, 0.25) is 0 Å². The first-order valence-corrected chi connectivity index (χ1v) is 12.5. The number of anilines is 1. The van der Waals surface area contributed by atoms with Crippen LogP contribution < -0.4 is 15.5 Å². The Balaban J connectivity index is 0.00000256. The highest BCUT2D eigenvalue weighted by Gasteiger charge is 2.24. The minimum absolute atomic E-state index is 0. The molecule has 1 atom stereocenters. The van der Waals surface area contributed by atoms with Gasteiger partial charge < -0.3 is 15.5 Å². The molecule has 0 bridgehead atoms. The molecule has 4 rings (SSSR count). The fourth-order valence-electron chi connectivity index (χ4n) is 4.13. The zero-order chi connectivity index (χ0) is 19.9. The number of aromatic nitrogens is 1. The van der Waals surface area contributed by atoms with Crippen LogP contribution in [0.25, 0.3) is 0 Å². The number of nitrogens with one attached hydrogen (secondary N) is 2. The molecule has 0 radical (unpaired) electrons. The normalized spacial score (nSPS) is 18.4. The van der Waals surface area contributed by atoms with Crippen molar-refractivity contribution in [1.82, 2.24) is 20.5 Å². The van der Waals surface area contributed by atoms with Crippen LogP contribution in [-0.2, 0) is 6.42 Å². The molecule has 2 aliphatic rings. The number of nitrogens with zero attached hydrogens (tertiary/aromatic N) is 4. The Morgan fingerprint density at radius 1 is 1.13 bits per heavy atom. The molecule has 30 heavy (non-hydrogen) atoms. The van der Waals surface area contributed by atoms with Gasteiger partial charge in [-0.1, -0.05) is 6.07 Å². The lowest BCUT2D eigenvalue weighted by molar-refractivity contribution is 0.249. The predicted octanol–water partition coefficient (Wildman–Crippen LogP) is 3.97. The molecular formula is C21H33IN6S2. The minimum Gasteiger partial charge on any atom is -0.356 e. The molecule has 2 aromatic rings. The fourth-order valence-corrected chi connectivity index (χ4v) is 5.91. The Morgan fingerprint density at radius 3 is 2.60 bits per heavy atom. The maximum Gasteiger partial charge on any atom is 0.191 e. The van der Waals surface area contributed by atoms with Gasteiger partial charge in [0.15, 0.2) is 11.1 Å². The van der Waals surface area contributed by atoms with Crippen molar-refractivity contribution in [1.29, 1.82) is 0 Å². The fraction of sp³-hybridized carbons (Fsp3) is 0.619. The number of guanidine groups is 1. The van der Waals surface area contributed by atoms with Gasteiger partial charge in [-0.3, -0.25) is 9.89 Å². The van der Waals surface area contributed by atoms with Crippen LogP contribution in [0.4, 0.5) is 5.13 Å². The second-order valence-corrected chi connectivity index (χ2v) is 9.54. The van der Waals surface area contributed by atoms with E-state index in [9.17, 15) is 0 Å². The smallest absolute Gasteiger partial charge is 0.191 e. The van der Waals surface area contributed by atoms with Crippen LogP contribution in [0.15, 0.2) is 27.9 Å². The Morgan fingerprint density at radius 2 is 1.90 bits per heavy atom. The van der Waals surface area contributed by atoms with E-state index in [0.717, 1.165) is 38.6 Å². The van der Waals surface area contributed by atoms with Crippen molar-refractivity contribution in [2.24, 2.45) is 4.99 Å². The van der Waals surface area contributed by atoms with Crippen molar-refractivity contribution in [2.45, 2.75) is 38.1 Å². The van der Waals surface area contributed by atoms with Crippen LogP contribution in [0.1, 0.15) is 42.3 Å². The van der Waals surface area contributed by atoms with E-state index in [0.29, 0.717) is 6.04 Å². The summed E-state index contributed by atoms with van der Waals surface area (Å²) in [5.41, 5.74) is 1.17. The maximum atomic E-state index is 4.81. The van der Waals surface area contributed by atoms with Crippen LogP contribution in [0, 0.1) is 0 Å². The van der Waals surface area contributed by atoms with E-state index in [4.69, 9.17) is 4.98 Å². The van der Waals surface area contributed by atoms with Gasteiger partial charge in [0.2, 0.25) is 0 Å². The number of thiophene rings is 1. The second-order valence-electron chi connectivity index (χ2n) is 7.72. The van der Waals surface area contributed by atoms with Gasteiger partial charge in [0.1, 0.15) is 0 Å². The Kier molecular flexibility index (Phi) is 9.66. The lowest BCUT2D eigenvalue weighted by atomic mass is 10.2. The molecule has 0 saturated carbocycles. The van der Waals surface area contributed by atoms with Crippen LogP contribution >= 0.6 is 46.7 Å². The summed E-state index contributed by atoms with van der Waals surface area (Å²) >= 11 is 3.63. The molecule has 1 unspecified atom stereocenters. The summed E-state index contributed by atoms with van der Waals surface area (Å²) in [6.07, 6.45) is 6.13. The SMILES string of the molecule is CN=C(NCCc1csc(N2CCCC2)n1)NCC(c1cccs1)N1CCCC1.I. The number of hydrogen-bond donors (Lipinski definition) is 2. The standard InChI is InChI=1S/C21H32N6S2.HI/c1-22-20(23-9-8-17-16-29-21(25-17)27-12-4-5-13-27)24-15-18(19-7-6-14-28-19)26-10-2-3-11-26;/h6-7,14,16,18H,2-5,8-13,15H2,1H3,(H2,22,23,24);1H. The van der Waals surface area contributed by atoms with E-state index in [1.54, 1.807) is 11.3 Å². The number of rotatable bonds is 8. The molecule has 4 heterocycles. The number of aliphatic imine (C=N–C) groups is 1. The first kappa shape index (κ1) is 23.7. The van der Waals surface area contributed by atoms with Gasteiger partial charge in [-0.05, 0) is 50.2 Å². The third-order valence-electron chi connectivity index (χ3n) is 5.73. The Bertz CT molecular complexity index is 766. The monoisotopic (exact) mass is 560 g/mol. The first-order chi connectivity index (χ1) is 14.3. The van der Waals surface area contributed by atoms with E-state index < -0.39 is 0 Å². The molecule has 2 aromatic heterocycles. The average Bonchev–Trinajstić information content (AvgIpc) is 3.54. The van der Waals surface area contributed by atoms with Crippen molar-refractivity contribution in [3.63, 3.8) is 0 Å². The highest BCUT2D eigenvalue weighted by Crippen LogP contribution is 2.28. The molecule has 2 aliphatic heterocycles. The lowest BCUT2D eigenvalue weighted by Crippen LogP contribution is -2.43. The number of thiazole rings is 1. The van der Waals surface area contributed by atoms with Crippen molar-refractivity contribution in [2.75, 3.05) is 51.2 Å². The van der Waals surface area contributed by atoms with E-state index in [1.807, 2.05) is 18.4 Å². The van der Waals surface area contributed by atoms with Crippen molar-refractivity contribution in [3.8, 4) is 0 Å². The zero-order valence-corrected chi connectivity index (χ0v) is 21.6. The number of hydrogen-bond acceptors (Lipinski definition) is 6. The average molecular weight is 561 g/mol. The van der Waals surface area contributed by atoms with Gasteiger partial charge in [-0.2, -0.15) is 0 Å². The zero-order valence-electron chi connectivity index (χ0n) is 17.7. The number of likely N-dealkylation sites (tertiary alicyclic amines) is 1. The second kappa shape index (κ2) is 12.2. The summed E-state index contributed by atoms with van der Waals surface area (Å²) in [7, 11) is 1.85.